The van der Waals surface area contributed by atoms with Gasteiger partial charge in [0.25, 0.3) is 0 Å². The van der Waals surface area contributed by atoms with Crippen LogP contribution in [0.4, 0.5) is 4.39 Å². The van der Waals surface area contributed by atoms with Crippen LogP contribution in [0.2, 0.25) is 5.02 Å². The summed E-state index contributed by atoms with van der Waals surface area (Å²) in [6.07, 6.45) is 2.11. The number of nitro groups is 1. The predicted molar refractivity (Wildman–Crippen MR) is 84.8 cm³/mol. The van der Waals surface area contributed by atoms with Gasteiger partial charge in [-0.2, -0.15) is 0 Å². The molecule has 120 valence electrons. The van der Waals surface area contributed by atoms with Crippen LogP contribution < -0.4 is 9.47 Å². The molecule has 0 aromatic heterocycles. The Labute approximate surface area is 137 Å². The van der Waals surface area contributed by atoms with Crippen molar-refractivity contribution >= 4 is 17.7 Å². The van der Waals surface area contributed by atoms with Gasteiger partial charge >= 0.3 is 0 Å². The van der Waals surface area contributed by atoms with E-state index in [2.05, 4.69) is 0 Å². The van der Waals surface area contributed by atoms with Crippen LogP contribution in [0.15, 0.2) is 42.6 Å². The molecule has 0 amide bonds. The monoisotopic (exact) mass is 337 g/mol. The van der Waals surface area contributed by atoms with Gasteiger partial charge in [0.2, 0.25) is 6.20 Å². The number of methoxy groups -OCH3 is 1. The van der Waals surface area contributed by atoms with Crippen LogP contribution in [-0.4, -0.2) is 12.0 Å². The molecule has 2 aromatic carbocycles. The Balaban J connectivity index is 2.20. The molecule has 0 aliphatic heterocycles. The van der Waals surface area contributed by atoms with Crippen LogP contribution in [0.25, 0.3) is 6.08 Å². The van der Waals surface area contributed by atoms with Crippen molar-refractivity contribution in [3.63, 3.8) is 0 Å². The Kier molecular flexibility index (Phi) is 5.54. The Bertz CT molecular complexity index is 732. The van der Waals surface area contributed by atoms with E-state index in [-0.39, 0.29) is 17.4 Å². The first-order valence-electron chi connectivity index (χ1n) is 6.56. The molecule has 0 bridgehead atoms. The molecule has 2 aromatic rings. The molecule has 0 heterocycles. The summed E-state index contributed by atoms with van der Waals surface area (Å²) in [6.45, 7) is 0.181. The maximum absolute atomic E-state index is 12.9. The minimum atomic E-state index is -0.570. The highest BCUT2D eigenvalue weighted by atomic mass is 35.5. The van der Waals surface area contributed by atoms with Crippen LogP contribution in [0.3, 0.4) is 0 Å². The summed E-state index contributed by atoms with van der Waals surface area (Å²) in [7, 11) is 1.44. The lowest BCUT2D eigenvalue weighted by molar-refractivity contribution is -0.400. The van der Waals surface area contributed by atoms with E-state index in [4.69, 9.17) is 21.1 Å². The van der Waals surface area contributed by atoms with Gasteiger partial charge in [-0.1, -0.05) is 23.7 Å². The zero-order valence-electron chi connectivity index (χ0n) is 12.2. The van der Waals surface area contributed by atoms with E-state index < -0.39 is 4.92 Å². The van der Waals surface area contributed by atoms with Crippen molar-refractivity contribution in [2.75, 3.05) is 7.11 Å². The molecule has 0 atom stereocenters. The third-order valence-corrected chi connectivity index (χ3v) is 3.22. The molecule has 0 spiro atoms. The number of nitrogens with zero attached hydrogens (tertiary/aromatic N) is 1. The normalized spacial score (nSPS) is 10.7. The molecule has 5 nitrogen and oxygen atoms in total. The molecule has 0 N–H and O–H groups in total. The number of halogens is 2. The van der Waals surface area contributed by atoms with Crippen molar-refractivity contribution < 1.29 is 18.8 Å². The fourth-order valence-corrected chi connectivity index (χ4v) is 2.13. The second kappa shape index (κ2) is 7.60. The van der Waals surface area contributed by atoms with E-state index in [0.717, 1.165) is 11.8 Å². The summed E-state index contributed by atoms with van der Waals surface area (Å²) in [5.74, 6) is 0.339. The smallest absolute Gasteiger partial charge is 0.235 e. The highest BCUT2D eigenvalue weighted by Gasteiger charge is 2.12. The first-order valence-corrected chi connectivity index (χ1v) is 6.94. The fourth-order valence-electron chi connectivity index (χ4n) is 1.86. The summed E-state index contributed by atoms with van der Waals surface area (Å²) < 4.78 is 23.7. The van der Waals surface area contributed by atoms with Crippen LogP contribution in [0.1, 0.15) is 11.1 Å². The Hall–Kier alpha value is -2.60. The van der Waals surface area contributed by atoms with E-state index in [1.807, 2.05) is 0 Å². The Morgan fingerprint density at radius 3 is 2.61 bits per heavy atom. The van der Waals surface area contributed by atoms with Crippen molar-refractivity contribution in [1.82, 2.24) is 0 Å². The number of rotatable bonds is 6. The summed E-state index contributed by atoms with van der Waals surface area (Å²) >= 11 is 6.15. The topological polar surface area (TPSA) is 61.6 Å². The molecule has 23 heavy (non-hydrogen) atoms. The van der Waals surface area contributed by atoms with Gasteiger partial charge in [0.05, 0.1) is 17.1 Å². The fraction of sp³-hybridized carbons (Fsp3) is 0.125. The van der Waals surface area contributed by atoms with Crippen molar-refractivity contribution in [2.45, 2.75) is 6.61 Å². The van der Waals surface area contributed by atoms with Gasteiger partial charge < -0.3 is 9.47 Å². The van der Waals surface area contributed by atoms with Crippen LogP contribution in [0, 0.1) is 15.9 Å². The molecule has 0 aliphatic rings. The summed E-state index contributed by atoms with van der Waals surface area (Å²) in [5, 5.41) is 10.6. The van der Waals surface area contributed by atoms with Crippen LogP contribution in [-0.2, 0) is 6.61 Å². The zero-order valence-corrected chi connectivity index (χ0v) is 12.9. The average molecular weight is 338 g/mol. The van der Waals surface area contributed by atoms with Crippen molar-refractivity contribution in [3.05, 3.63) is 74.7 Å². The lowest BCUT2D eigenvalue weighted by Crippen LogP contribution is -1.99. The van der Waals surface area contributed by atoms with Gasteiger partial charge in [-0.25, -0.2) is 4.39 Å². The second-order valence-electron chi connectivity index (χ2n) is 4.55. The first kappa shape index (κ1) is 16.8. The maximum atomic E-state index is 12.9. The first-order chi connectivity index (χ1) is 11.0. The third kappa shape index (κ3) is 4.69. The van der Waals surface area contributed by atoms with Crippen molar-refractivity contribution in [1.29, 1.82) is 0 Å². The highest BCUT2D eigenvalue weighted by molar-refractivity contribution is 6.32. The number of ether oxygens (including phenoxy) is 2. The lowest BCUT2D eigenvalue weighted by Gasteiger charge is -2.13. The highest BCUT2D eigenvalue weighted by Crippen LogP contribution is 2.37. The molecule has 0 saturated heterocycles. The van der Waals surface area contributed by atoms with Crippen molar-refractivity contribution in [2.24, 2.45) is 0 Å². The van der Waals surface area contributed by atoms with Gasteiger partial charge in [0.1, 0.15) is 12.4 Å². The molecule has 0 radical (unpaired) electrons. The molecule has 2 rings (SSSR count). The quantitative estimate of drug-likeness (QED) is 0.582. The molecular formula is C16H13ClFNO4. The zero-order chi connectivity index (χ0) is 16.8. The Morgan fingerprint density at radius 2 is 2.00 bits per heavy atom. The SMILES string of the molecule is COc1cc(C=C[N+](=O)[O-])cc(Cl)c1OCc1ccc(F)cc1. The summed E-state index contributed by atoms with van der Waals surface area (Å²) in [5.41, 5.74) is 1.28. The number of hydrogen-bond donors (Lipinski definition) is 0. The number of benzene rings is 2. The van der Waals surface area contributed by atoms with E-state index >= 15 is 0 Å². The van der Waals surface area contributed by atoms with Crippen LogP contribution >= 0.6 is 11.6 Å². The van der Waals surface area contributed by atoms with Crippen LogP contribution in [0.5, 0.6) is 11.5 Å². The lowest BCUT2D eigenvalue weighted by atomic mass is 10.2. The molecule has 7 heteroatoms. The van der Waals surface area contributed by atoms with E-state index in [1.54, 1.807) is 18.2 Å². The maximum Gasteiger partial charge on any atom is 0.235 e. The average Bonchev–Trinajstić information content (AvgIpc) is 2.53. The van der Waals surface area contributed by atoms with E-state index in [0.29, 0.717) is 17.1 Å². The van der Waals surface area contributed by atoms with Gasteiger partial charge in [0.15, 0.2) is 11.5 Å². The predicted octanol–water partition coefficient (Wildman–Crippen LogP) is 4.31. The van der Waals surface area contributed by atoms with Gasteiger partial charge in [-0.15, -0.1) is 0 Å². The van der Waals surface area contributed by atoms with Gasteiger partial charge in [0, 0.05) is 6.08 Å². The standard InChI is InChI=1S/C16H13ClFNO4/c1-22-15-9-12(6-7-19(20)21)8-14(17)16(15)23-10-11-2-4-13(18)5-3-11/h2-9H,10H2,1H3. The largest absolute Gasteiger partial charge is 0.493 e. The summed E-state index contributed by atoms with van der Waals surface area (Å²) in [4.78, 5) is 9.80. The molecule has 0 aliphatic carbocycles. The third-order valence-electron chi connectivity index (χ3n) is 2.94. The molecule has 0 unspecified atom stereocenters. The van der Waals surface area contributed by atoms with Gasteiger partial charge in [-0.05, 0) is 35.4 Å². The van der Waals surface area contributed by atoms with E-state index in [1.165, 1.54) is 31.4 Å². The summed E-state index contributed by atoms with van der Waals surface area (Å²) in [6, 6.07) is 8.98. The second-order valence-corrected chi connectivity index (χ2v) is 4.96. The minimum absolute atomic E-state index is 0.181. The minimum Gasteiger partial charge on any atom is -0.493 e. The molecule has 0 saturated carbocycles. The number of hydrogen-bond acceptors (Lipinski definition) is 4. The Morgan fingerprint density at radius 1 is 1.30 bits per heavy atom. The molecule has 0 fully saturated rings. The molecular weight excluding hydrogens is 325 g/mol. The van der Waals surface area contributed by atoms with Gasteiger partial charge in [-0.3, -0.25) is 10.1 Å². The van der Waals surface area contributed by atoms with E-state index in [9.17, 15) is 14.5 Å². The van der Waals surface area contributed by atoms with Crippen molar-refractivity contribution in [3.8, 4) is 11.5 Å².